The molecule has 0 fully saturated rings. The maximum Gasteiger partial charge on any atom is 0.314 e. The van der Waals surface area contributed by atoms with Crippen LogP contribution in [0.25, 0.3) is 0 Å². The summed E-state index contributed by atoms with van der Waals surface area (Å²) in [4.78, 5) is 12.1. The van der Waals surface area contributed by atoms with Crippen LogP contribution in [0.4, 0.5) is 0 Å². The van der Waals surface area contributed by atoms with E-state index in [9.17, 15) is 9.90 Å². The number of ether oxygens (including phenoxy) is 1. The van der Waals surface area contributed by atoms with E-state index in [1.54, 1.807) is 7.11 Å². The molecule has 0 saturated carbocycles. The molecule has 0 amide bonds. The van der Waals surface area contributed by atoms with Crippen LogP contribution in [0, 0.1) is 11.3 Å². The fourth-order valence-electron chi connectivity index (χ4n) is 3.69. The van der Waals surface area contributed by atoms with E-state index in [4.69, 9.17) is 4.74 Å². The second-order valence-corrected chi connectivity index (χ2v) is 6.82. The maximum absolute atomic E-state index is 12.1. The van der Waals surface area contributed by atoms with Gasteiger partial charge in [-0.3, -0.25) is 4.79 Å². The van der Waals surface area contributed by atoms with Gasteiger partial charge in [0, 0.05) is 19.6 Å². The van der Waals surface area contributed by atoms with Crippen molar-refractivity contribution in [2.24, 2.45) is 11.3 Å². The second kappa shape index (κ2) is 10.6. The highest BCUT2D eigenvalue weighted by atomic mass is 16.5. The summed E-state index contributed by atoms with van der Waals surface area (Å²) in [6.45, 7) is 4.88. The Hall–Kier alpha value is -1.09. The Morgan fingerprint density at radius 3 is 2.48 bits per heavy atom. The summed E-state index contributed by atoms with van der Waals surface area (Å²) in [7, 11) is 1.68. The number of carboxylic acids is 1. The minimum absolute atomic E-state index is 0.0463. The maximum atomic E-state index is 12.1. The Kier molecular flexibility index (Phi) is 9.23. The molecule has 0 aromatic rings. The van der Waals surface area contributed by atoms with Gasteiger partial charge < -0.3 is 9.84 Å². The molecule has 0 saturated heterocycles. The SMILES string of the molecule is CCCCCCCCCC1(C(=O)O)C=CC=C(C)C1CCOC. The van der Waals surface area contributed by atoms with Crippen LogP contribution >= 0.6 is 0 Å². The molecule has 0 aliphatic heterocycles. The number of carbonyl (C=O) groups is 1. The van der Waals surface area contributed by atoms with Crippen molar-refractivity contribution in [3.05, 3.63) is 23.8 Å². The van der Waals surface area contributed by atoms with Gasteiger partial charge in [-0.05, 0) is 19.8 Å². The Labute approximate surface area is 141 Å². The lowest BCUT2D eigenvalue weighted by Gasteiger charge is -2.37. The number of allylic oxidation sites excluding steroid dienone is 3. The molecule has 3 nitrogen and oxygen atoms in total. The zero-order valence-electron chi connectivity index (χ0n) is 15.1. The van der Waals surface area contributed by atoms with Gasteiger partial charge in [-0.25, -0.2) is 0 Å². The molecule has 0 aromatic heterocycles. The zero-order chi connectivity index (χ0) is 17.1. The highest BCUT2D eigenvalue weighted by molar-refractivity contribution is 5.78. The summed E-state index contributed by atoms with van der Waals surface area (Å²) in [6.07, 6.45) is 15.9. The van der Waals surface area contributed by atoms with Crippen molar-refractivity contribution in [3.63, 3.8) is 0 Å². The first kappa shape index (κ1) is 20.0. The quantitative estimate of drug-likeness (QED) is 0.491. The van der Waals surface area contributed by atoms with Gasteiger partial charge in [-0.15, -0.1) is 0 Å². The molecular weight excluding hydrogens is 288 g/mol. The zero-order valence-corrected chi connectivity index (χ0v) is 15.1. The van der Waals surface area contributed by atoms with Gasteiger partial charge in [-0.2, -0.15) is 0 Å². The van der Waals surface area contributed by atoms with E-state index in [1.807, 2.05) is 25.2 Å². The van der Waals surface area contributed by atoms with Crippen LogP contribution in [0.3, 0.4) is 0 Å². The van der Waals surface area contributed by atoms with Gasteiger partial charge in [-0.1, -0.05) is 75.7 Å². The van der Waals surface area contributed by atoms with Crippen LogP contribution in [-0.2, 0) is 9.53 Å². The summed E-state index contributed by atoms with van der Waals surface area (Å²) >= 11 is 0. The Balaban J connectivity index is 2.60. The summed E-state index contributed by atoms with van der Waals surface area (Å²) in [5, 5.41) is 9.93. The lowest BCUT2D eigenvalue weighted by atomic mass is 9.65. The van der Waals surface area contributed by atoms with E-state index in [0.717, 1.165) is 31.3 Å². The summed E-state index contributed by atoms with van der Waals surface area (Å²) in [5.41, 5.74) is 0.413. The molecule has 1 aliphatic rings. The highest BCUT2D eigenvalue weighted by Gasteiger charge is 2.44. The molecule has 0 bridgehead atoms. The topological polar surface area (TPSA) is 46.5 Å². The molecule has 0 radical (unpaired) electrons. The smallest absolute Gasteiger partial charge is 0.314 e. The summed E-state index contributed by atoms with van der Waals surface area (Å²) in [6, 6.07) is 0. The first-order chi connectivity index (χ1) is 11.1. The largest absolute Gasteiger partial charge is 0.481 e. The van der Waals surface area contributed by atoms with Crippen LogP contribution in [0.2, 0.25) is 0 Å². The number of rotatable bonds is 12. The third-order valence-corrected chi connectivity index (χ3v) is 5.13. The van der Waals surface area contributed by atoms with Gasteiger partial charge in [0.25, 0.3) is 0 Å². The molecule has 2 atom stereocenters. The van der Waals surface area contributed by atoms with E-state index in [0.29, 0.717) is 6.61 Å². The fourth-order valence-corrected chi connectivity index (χ4v) is 3.69. The molecule has 0 spiro atoms. The Bertz CT molecular complexity index is 411. The third kappa shape index (κ3) is 5.80. The predicted octanol–water partition coefficient (Wildman–Crippen LogP) is 5.37. The van der Waals surface area contributed by atoms with E-state index < -0.39 is 11.4 Å². The van der Waals surface area contributed by atoms with Crippen molar-refractivity contribution < 1.29 is 14.6 Å². The first-order valence-corrected chi connectivity index (χ1v) is 9.16. The van der Waals surface area contributed by atoms with Crippen LogP contribution < -0.4 is 0 Å². The van der Waals surface area contributed by atoms with E-state index >= 15 is 0 Å². The van der Waals surface area contributed by atoms with Crippen LogP contribution in [0.15, 0.2) is 23.8 Å². The van der Waals surface area contributed by atoms with Gasteiger partial charge in [0.2, 0.25) is 0 Å². The fraction of sp³-hybridized carbons (Fsp3) is 0.750. The van der Waals surface area contributed by atoms with Gasteiger partial charge in [0.1, 0.15) is 0 Å². The normalized spacial score (nSPS) is 23.8. The number of hydrogen-bond acceptors (Lipinski definition) is 2. The van der Waals surface area contributed by atoms with E-state index in [1.165, 1.54) is 32.1 Å². The van der Waals surface area contributed by atoms with Crippen molar-refractivity contribution in [2.45, 2.75) is 71.6 Å². The average Bonchev–Trinajstić information content (AvgIpc) is 2.53. The Morgan fingerprint density at radius 2 is 1.87 bits per heavy atom. The second-order valence-electron chi connectivity index (χ2n) is 6.82. The minimum atomic E-state index is -0.749. The first-order valence-electron chi connectivity index (χ1n) is 9.16. The number of unbranched alkanes of at least 4 members (excludes halogenated alkanes) is 6. The van der Waals surface area contributed by atoms with Crippen molar-refractivity contribution in [3.8, 4) is 0 Å². The van der Waals surface area contributed by atoms with Gasteiger partial charge in [0.05, 0.1) is 5.41 Å². The average molecular weight is 322 g/mol. The van der Waals surface area contributed by atoms with Crippen molar-refractivity contribution in [1.29, 1.82) is 0 Å². The number of methoxy groups -OCH3 is 1. The molecule has 2 unspecified atom stereocenters. The molecule has 1 N–H and O–H groups in total. The molecule has 132 valence electrons. The molecule has 0 heterocycles. The molecule has 1 aliphatic carbocycles. The monoisotopic (exact) mass is 322 g/mol. The third-order valence-electron chi connectivity index (χ3n) is 5.13. The van der Waals surface area contributed by atoms with Crippen LogP contribution in [0.1, 0.15) is 71.6 Å². The molecule has 1 rings (SSSR count). The summed E-state index contributed by atoms with van der Waals surface area (Å²) in [5.74, 6) is -0.640. The molecular formula is C20H34O3. The highest BCUT2D eigenvalue weighted by Crippen LogP contribution is 2.44. The lowest BCUT2D eigenvalue weighted by Crippen LogP contribution is -2.39. The molecule has 3 heteroatoms. The standard InChI is InChI=1S/C20H34O3/c1-4-5-6-7-8-9-10-14-20(19(21)22)15-11-12-17(2)18(20)13-16-23-3/h11-12,15,18H,4-10,13-14,16H2,1-3H3,(H,21,22). The van der Waals surface area contributed by atoms with E-state index in [-0.39, 0.29) is 5.92 Å². The van der Waals surface area contributed by atoms with Crippen LogP contribution in [-0.4, -0.2) is 24.8 Å². The number of aliphatic carboxylic acids is 1. The van der Waals surface area contributed by atoms with Crippen molar-refractivity contribution in [1.82, 2.24) is 0 Å². The minimum Gasteiger partial charge on any atom is -0.481 e. The van der Waals surface area contributed by atoms with Gasteiger partial charge in [0.15, 0.2) is 0 Å². The number of carboxylic acid groups (broad SMARTS) is 1. The molecule has 0 aromatic carbocycles. The number of hydrogen-bond donors (Lipinski definition) is 1. The molecule has 23 heavy (non-hydrogen) atoms. The van der Waals surface area contributed by atoms with Crippen molar-refractivity contribution >= 4 is 5.97 Å². The Morgan fingerprint density at radius 1 is 1.22 bits per heavy atom. The van der Waals surface area contributed by atoms with E-state index in [2.05, 4.69) is 6.92 Å². The summed E-state index contributed by atoms with van der Waals surface area (Å²) < 4.78 is 5.20. The van der Waals surface area contributed by atoms with Crippen molar-refractivity contribution in [2.75, 3.05) is 13.7 Å². The van der Waals surface area contributed by atoms with Crippen LogP contribution in [0.5, 0.6) is 0 Å². The predicted molar refractivity (Wildman–Crippen MR) is 95.6 cm³/mol. The van der Waals surface area contributed by atoms with Gasteiger partial charge >= 0.3 is 5.97 Å². The lowest BCUT2D eigenvalue weighted by molar-refractivity contribution is -0.149.